The van der Waals surface area contributed by atoms with Gasteiger partial charge in [0, 0.05) is 59.6 Å². The van der Waals surface area contributed by atoms with E-state index in [2.05, 4.69) is 52.2 Å². The van der Waals surface area contributed by atoms with Crippen molar-refractivity contribution in [2.75, 3.05) is 78.0 Å². The highest BCUT2D eigenvalue weighted by Gasteiger charge is 2.40. The molecule has 2 atom stereocenters. The molecule has 4 heterocycles. The molecule has 15 nitrogen and oxygen atoms in total. The van der Waals surface area contributed by atoms with Gasteiger partial charge < -0.3 is 48.9 Å². The normalized spacial score (nSPS) is 17.5. The largest absolute Gasteiger partial charge is 0.491 e. The second kappa shape index (κ2) is 21.1. The number of imide groups is 1. The standard InChI is InChI=1S/C44H53N5O10S/c45-42(60)30-4-1-3-29(25-30)35-27-48(32-11-14-54-15-12-32)38-26-31(7-8-33(35)38)46-41(51)13-16-55-17-18-56-19-20-57-21-22-58-23-24-59-39-6-2-5-34-36(39)28-49(44(34)53)37-9-10-40(50)47-43(37)52/h1-8,25-27,32,37,42,60H,9-24,28,45H2,(H,46,51)(H,47,50,52). The molecule has 2 saturated heterocycles. The first-order chi connectivity index (χ1) is 29.3. The van der Waals surface area contributed by atoms with Crippen LogP contribution in [0, 0.1) is 0 Å². The van der Waals surface area contributed by atoms with Crippen LogP contribution < -0.4 is 21.1 Å². The lowest BCUT2D eigenvalue weighted by molar-refractivity contribution is -0.137. The molecule has 3 aliphatic heterocycles. The highest BCUT2D eigenvalue weighted by atomic mass is 32.1. The van der Waals surface area contributed by atoms with Gasteiger partial charge in [0.15, 0.2) is 0 Å². The predicted molar refractivity (Wildman–Crippen MR) is 227 cm³/mol. The highest BCUT2D eigenvalue weighted by molar-refractivity contribution is 7.80. The molecular weight excluding hydrogens is 791 g/mol. The quantitative estimate of drug-likeness (QED) is 0.0392. The Morgan fingerprint density at radius 3 is 2.27 bits per heavy atom. The van der Waals surface area contributed by atoms with Crippen LogP contribution >= 0.6 is 12.6 Å². The molecule has 16 heteroatoms. The van der Waals surface area contributed by atoms with Crippen molar-refractivity contribution in [3.8, 4) is 16.9 Å². The molecule has 2 fully saturated rings. The zero-order valence-corrected chi connectivity index (χ0v) is 34.5. The molecule has 4 amide bonds. The van der Waals surface area contributed by atoms with Gasteiger partial charge in [-0.05, 0) is 60.7 Å². The number of rotatable bonds is 21. The molecule has 60 heavy (non-hydrogen) atoms. The summed E-state index contributed by atoms with van der Waals surface area (Å²) >= 11 is 4.43. The number of fused-ring (bicyclic) bond motifs is 2. The number of nitrogens with one attached hydrogen (secondary N) is 2. The lowest BCUT2D eigenvalue weighted by atomic mass is 10.0. The summed E-state index contributed by atoms with van der Waals surface area (Å²) in [5.41, 5.74) is 12.2. The van der Waals surface area contributed by atoms with Gasteiger partial charge >= 0.3 is 0 Å². The Morgan fingerprint density at radius 1 is 0.850 bits per heavy atom. The molecule has 320 valence electrons. The average molecular weight is 844 g/mol. The van der Waals surface area contributed by atoms with Crippen molar-refractivity contribution in [3.63, 3.8) is 0 Å². The van der Waals surface area contributed by atoms with E-state index in [4.69, 9.17) is 34.2 Å². The summed E-state index contributed by atoms with van der Waals surface area (Å²) in [6.07, 6.45) is 4.77. The first-order valence-corrected chi connectivity index (χ1v) is 21.0. The summed E-state index contributed by atoms with van der Waals surface area (Å²) in [4.78, 5) is 51.2. The second-order valence-corrected chi connectivity index (χ2v) is 15.4. The van der Waals surface area contributed by atoms with Crippen LogP contribution in [-0.2, 0) is 44.6 Å². The lowest BCUT2D eigenvalue weighted by Gasteiger charge is -2.29. The number of thiol groups is 1. The maximum Gasteiger partial charge on any atom is 0.255 e. The number of anilines is 1. The fraction of sp³-hybridized carbons (Fsp3) is 0.455. The number of hydrogen-bond acceptors (Lipinski definition) is 12. The zero-order chi connectivity index (χ0) is 41.8. The molecule has 1 aromatic heterocycles. The molecule has 4 aromatic rings. The Morgan fingerprint density at radius 2 is 1.55 bits per heavy atom. The van der Waals surface area contributed by atoms with Crippen molar-refractivity contribution in [1.29, 1.82) is 0 Å². The Balaban J connectivity index is 0.741. The molecule has 0 radical (unpaired) electrons. The Kier molecular flexibility index (Phi) is 15.2. The molecule has 0 bridgehead atoms. The molecule has 3 aromatic carbocycles. The fourth-order valence-corrected chi connectivity index (χ4v) is 7.93. The Bertz CT molecular complexity index is 2140. The van der Waals surface area contributed by atoms with E-state index in [1.54, 1.807) is 18.2 Å². The van der Waals surface area contributed by atoms with E-state index in [1.807, 2.05) is 24.3 Å². The first-order valence-electron chi connectivity index (χ1n) is 20.5. The number of benzene rings is 3. The lowest BCUT2D eigenvalue weighted by Crippen LogP contribution is -2.52. The number of ether oxygens (including phenoxy) is 6. The monoisotopic (exact) mass is 843 g/mol. The van der Waals surface area contributed by atoms with Crippen LogP contribution in [0.1, 0.15) is 65.0 Å². The van der Waals surface area contributed by atoms with Crippen molar-refractivity contribution >= 4 is 52.8 Å². The number of carbonyl (C=O) groups is 4. The van der Waals surface area contributed by atoms with Crippen LogP contribution in [0.25, 0.3) is 22.0 Å². The van der Waals surface area contributed by atoms with Crippen LogP contribution in [0.2, 0.25) is 0 Å². The van der Waals surface area contributed by atoms with Crippen LogP contribution in [0.4, 0.5) is 5.69 Å². The van der Waals surface area contributed by atoms with Gasteiger partial charge in [-0.2, -0.15) is 12.6 Å². The number of nitrogens with zero attached hydrogens (tertiary/aromatic N) is 2. The van der Waals surface area contributed by atoms with Crippen molar-refractivity contribution in [3.05, 3.63) is 83.6 Å². The van der Waals surface area contributed by atoms with Gasteiger partial charge in [0.1, 0.15) is 18.4 Å². The SMILES string of the molecule is NC(S)c1cccc(-c2cn(C3CCOCC3)c3cc(NC(=O)CCOCCOCCOCCOCCOc4cccc5c4CN(C4CCC(=O)NC4=O)C5=O)ccc23)c1. The summed E-state index contributed by atoms with van der Waals surface area (Å²) in [5.74, 6) is -0.571. The summed E-state index contributed by atoms with van der Waals surface area (Å²) in [6.45, 7) is 4.86. The fourth-order valence-electron chi connectivity index (χ4n) is 7.77. The highest BCUT2D eigenvalue weighted by Crippen LogP contribution is 2.38. The van der Waals surface area contributed by atoms with E-state index in [0.29, 0.717) is 70.0 Å². The molecule has 2 unspecified atom stereocenters. The van der Waals surface area contributed by atoms with Crippen LogP contribution in [0.5, 0.6) is 5.75 Å². The minimum Gasteiger partial charge on any atom is -0.491 e. The Hall–Kier alpha value is -4.81. The first kappa shape index (κ1) is 43.3. The maximum absolute atomic E-state index is 13.0. The minimum atomic E-state index is -0.677. The molecule has 7 rings (SSSR count). The Labute approximate surface area is 354 Å². The van der Waals surface area contributed by atoms with Gasteiger partial charge in [0.2, 0.25) is 17.7 Å². The van der Waals surface area contributed by atoms with E-state index in [1.165, 1.54) is 4.90 Å². The number of hydrogen-bond donors (Lipinski definition) is 4. The number of aromatic nitrogens is 1. The zero-order valence-electron chi connectivity index (χ0n) is 33.6. The van der Waals surface area contributed by atoms with E-state index in [0.717, 1.165) is 64.9 Å². The predicted octanol–water partition coefficient (Wildman–Crippen LogP) is 4.78. The number of nitrogens with two attached hydrogens (primary N) is 1. The molecular formula is C44H53N5O10S. The van der Waals surface area contributed by atoms with Gasteiger partial charge in [-0.15, -0.1) is 0 Å². The van der Waals surface area contributed by atoms with Crippen molar-refractivity contribution in [2.45, 2.75) is 56.1 Å². The van der Waals surface area contributed by atoms with Gasteiger partial charge in [-0.25, -0.2) is 0 Å². The third kappa shape index (κ3) is 10.9. The van der Waals surface area contributed by atoms with E-state index in [-0.39, 0.29) is 55.7 Å². The summed E-state index contributed by atoms with van der Waals surface area (Å²) in [6, 6.07) is 19.1. The summed E-state index contributed by atoms with van der Waals surface area (Å²) in [7, 11) is 0. The van der Waals surface area contributed by atoms with Crippen LogP contribution in [-0.4, -0.2) is 112 Å². The van der Waals surface area contributed by atoms with Crippen molar-refractivity contribution in [1.82, 2.24) is 14.8 Å². The van der Waals surface area contributed by atoms with Crippen molar-refractivity contribution in [2.24, 2.45) is 5.73 Å². The molecule has 4 N–H and O–H groups in total. The summed E-state index contributed by atoms with van der Waals surface area (Å²) in [5, 5.41) is 6.09. The van der Waals surface area contributed by atoms with Gasteiger partial charge in [0.25, 0.3) is 5.91 Å². The van der Waals surface area contributed by atoms with Crippen molar-refractivity contribution < 1.29 is 47.6 Å². The summed E-state index contributed by atoms with van der Waals surface area (Å²) < 4.78 is 36.3. The van der Waals surface area contributed by atoms with Crippen LogP contribution in [0.3, 0.4) is 0 Å². The number of amides is 4. The molecule has 0 spiro atoms. The molecule has 3 aliphatic rings. The van der Waals surface area contributed by atoms with E-state index in [9.17, 15) is 19.2 Å². The number of carbonyl (C=O) groups excluding carboxylic acids is 4. The molecule has 0 saturated carbocycles. The van der Waals surface area contributed by atoms with E-state index >= 15 is 0 Å². The minimum absolute atomic E-state index is 0.129. The van der Waals surface area contributed by atoms with E-state index < -0.39 is 11.9 Å². The third-order valence-corrected chi connectivity index (χ3v) is 11.2. The molecule has 0 aliphatic carbocycles. The second-order valence-electron chi connectivity index (χ2n) is 14.9. The van der Waals surface area contributed by atoms with Gasteiger partial charge in [-0.1, -0.05) is 30.3 Å². The van der Waals surface area contributed by atoms with Crippen LogP contribution in [0.15, 0.2) is 66.9 Å². The maximum atomic E-state index is 13.0. The topological polar surface area (TPSA) is 182 Å². The van der Waals surface area contributed by atoms with Gasteiger partial charge in [-0.3, -0.25) is 24.5 Å². The average Bonchev–Trinajstić information content (AvgIpc) is 3.80. The number of piperidine rings is 1. The van der Waals surface area contributed by atoms with Gasteiger partial charge in [0.05, 0.1) is 76.7 Å². The third-order valence-electron chi connectivity index (χ3n) is 10.9. The smallest absolute Gasteiger partial charge is 0.255 e.